The van der Waals surface area contributed by atoms with E-state index in [1.54, 1.807) is 24.3 Å². The van der Waals surface area contributed by atoms with Gasteiger partial charge in [0.15, 0.2) is 5.65 Å². The summed E-state index contributed by atoms with van der Waals surface area (Å²) in [6, 6.07) is 16.6. The second-order valence-corrected chi connectivity index (χ2v) is 8.00. The number of benzene rings is 2. The standard InChI is InChI=1S/C23H20Cl2N4O/c1-14-20(11-12-23(30)27-19-9-7-18(25)8-10-19)15(2)29-22(26-14)13-21(28-29)16-3-5-17(24)6-4-16/h3-10,13H,11-12H2,1-2H3,(H,27,30). The highest BCUT2D eigenvalue weighted by molar-refractivity contribution is 6.30. The molecule has 1 amide bonds. The molecule has 0 fully saturated rings. The predicted molar refractivity (Wildman–Crippen MR) is 121 cm³/mol. The molecule has 0 atom stereocenters. The molecule has 1 N–H and O–H groups in total. The lowest BCUT2D eigenvalue weighted by Crippen LogP contribution is -2.14. The summed E-state index contributed by atoms with van der Waals surface area (Å²) in [5.41, 5.74) is 6.24. The van der Waals surface area contributed by atoms with Gasteiger partial charge in [0, 0.05) is 45.2 Å². The van der Waals surface area contributed by atoms with Crippen molar-refractivity contribution in [3.8, 4) is 11.3 Å². The van der Waals surface area contributed by atoms with Crippen molar-refractivity contribution in [2.75, 3.05) is 5.32 Å². The molecule has 30 heavy (non-hydrogen) atoms. The second-order valence-electron chi connectivity index (χ2n) is 7.12. The third kappa shape index (κ3) is 4.32. The Morgan fingerprint density at radius 1 is 1.00 bits per heavy atom. The predicted octanol–water partition coefficient (Wildman–Crippen LogP) is 5.89. The number of aromatic nitrogens is 3. The first-order chi connectivity index (χ1) is 14.4. The van der Waals surface area contributed by atoms with Gasteiger partial charge in [0.1, 0.15) is 0 Å². The van der Waals surface area contributed by atoms with Crippen molar-refractivity contribution in [1.82, 2.24) is 14.6 Å². The number of hydrogen-bond acceptors (Lipinski definition) is 3. The van der Waals surface area contributed by atoms with Gasteiger partial charge in [0.25, 0.3) is 0 Å². The number of nitrogens with one attached hydrogen (secondary N) is 1. The van der Waals surface area contributed by atoms with Crippen molar-refractivity contribution in [2.24, 2.45) is 0 Å². The van der Waals surface area contributed by atoms with Gasteiger partial charge >= 0.3 is 0 Å². The van der Waals surface area contributed by atoms with Gasteiger partial charge in [0.05, 0.1) is 5.69 Å². The molecule has 4 rings (SSSR count). The molecule has 0 aliphatic rings. The summed E-state index contributed by atoms with van der Waals surface area (Å²) in [5.74, 6) is -0.0569. The zero-order chi connectivity index (χ0) is 21.3. The number of carbonyl (C=O) groups is 1. The fourth-order valence-corrected chi connectivity index (χ4v) is 3.70. The average Bonchev–Trinajstić information content (AvgIpc) is 3.14. The van der Waals surface area contributed by atoms with Crippen LogP contribution in [0.5, 0.6) is 0 Å². The lowest BCUT2D eigenvalue weighted by Gasteiger charge is -2.11. The Hall–Kier alpha value is -2.89. The number of amides is 1. The van der Waals surface area contributed by atoms with E-state index in [9.17, 15) is 4.79 Å². The van der Waals surface area contributed by atoms with Crippen LogP contribution in [0.2, 0.25) is 10.0 Å². The minimum atomic E-state index is -0.0569. The normalized spacial score (nSPS) is 11.1. The van der Waals surface area contributed by atoms with Gasteiger partial charge in [-0.05, 0) is 62.2 Å². The molecule has 0 saturated carbocycles. The van der Waals surface area contributed by atoms with Crippen LogP contribution in [0.1, 0.15) is 23.4 Å². The summed E-state index contributed by atoms with van der Waals surface area (Å²) in [7, 11) is 0. The molecule has 0 unspecified atom stereocenters. The topological polar surface area (TPSA) is 59.3 Å². The molecule has 152 valence electrons. The van der Waals surface area contributed by atoms with Crippen LogP contribution in [0.15, 0.2) is 54.6 Å². The third-order valence-corrected chi connectivity index (χ3v) is 5.54. The van der Waals surface area contributed by atoms with E-state index in [4.69, 9.17) is 33.3 Å². The summed E-state index contributed by atoms with van der Waals surface area (Å²) >= 11 is 11.9. The Morgan fingerprint density at radius 2 is 1.63 bits per heavy atom. The van der Waals surface area contributed by atoms with E-state index >= 15 is 0 Å². The van der Waals surface area contributed by atoms with Crippen LogP contribution in [-0.2, 0) is 11.2 Å². The van der Waals surface area contributed by atoms with Crippen molar-refractivity contribution < 1.29 is 4.79 Å². The number of nitrogens with zero attached hydrogens (tertiary/aromatic N) is 3. The first-order valence-corrected chi connectivity index (χ1v) is 10.3. The quantitative estimate of drug-likeness (QED) is 0.422. The van der Waals surface area contributed by atoms with Gasteiger partial charge < -0.3 is 5.32 Å². The molecular formula is C23H20Cl2N4O. The SMILES string of the molecule is Cc1nc2cc(-c3ccc(Cl)cc3)nn2c(C)c1CCC(=O)Nc1ccc(Cl)cc1. The minimum Gasteiger partial charge on any atom is -0.326 e. The maximum absolute atomic E-state index is 12.4. The second kappa shape index (κ2) is 8.46. The number of fused-ring (bicyclic) bond motifs is 1. The van der Waals surface area contributed by atoms with Crippen LogP contribution in [-0.4, -0.2) is 20.5 Å². The van der Waals surface area contributed by atoms with Gasteiger partial charge in [-0.25, -0.2) is 9.50 Å². The third-order valence-electron chi connectivity index (χ3n) is 5.03. The fraction of sp³-hybridized carbons (Fsp3) is 0.174. The first-order valence-electron chi connectivity index (χ1n) is 9.58. The van der Waals surface area contributed by atoms with Gasteiger partial charge in [0.2, 0.25) is 5.91 Å². The zero-order valence-electron chi connectivity index (χ0n) is 16.6. The highest BCUT2D eigenvalue weighted by Crippen LogP contribution is 2.24. The Labute approximate surface area is 184 Å². The van der Waals surface area contributed by atoms with E-state index in [-0.39, 0.29) is 5.91 Å². The Balaban J connectivity index is 1.54. The molecule has 2 heterocycles. The molecule has 2 aromatic carbocycles. The molecule has 2 aromatic heterocycles. The van der Waals surface area contributed by atoms with E-state index in [0.29, 0.717) is 22.9 Å². The highest BCUT2D eigenvalue weighted by atomic mass is 35.5. The summed E-state index contributed by atoms with van der Waals surface area (Å²) < 4.78 is 1.84. The lowest BCUT2D eigenvalue weighted by atomic mass is 10.1. The highest BCUT2D eigenvalue weighted by Gasteiger charge is 2.14. The smallest absolute Gasteiger partial charge is 0.224 e. The molecule has 5 nitrogen and oxygen atoms in total. The van der Waals surface area contributed by atoms with Crippen molar-refractivity contribution in [1.29, 1.82) is 0 Å². The van der Waals surface area contributed by atoms with Crippen LogP contribution in [0.25, 0.3) is 16.9 Å². The average molecular weight is 439 g/mol. The Morgan fingerprint density at radius 3 is 2.30 bits per heavy atom. The minimum absolute atomic E-state index is 0.0569. The number of aryl methyl sites for hydroxylation is 2. The van der Waals surface area contributed by atoms with Crippen molar-refractivity contribution >= 4 is 40.4 Å². The summed E-state index contributed by atoms with van der Waals surface area (Å²) in [6.45, 7) is 3.97. The van der Waals surface area contributed by atoms with E-state index in [1.807, 2.05) is 48.7 Å². The Bertz CT molecular complexity index is 1210. The molecule has 0 radical (unpaired) electrons. The fourth-order valence-electron chi connectivity index (χ4n) is 3.45. The molecule has 0 spiro atoms. The lowest BCUT2D eigenvalue weighted by molar-refractivity contribution is -0.116. The number of halogens is 2. The molecule has 7 heteroatoms. The van der Waals surface area contributed by atoms with Gasteiger partial charge in [-0.2, -0.15) is 5.10 Å². The number of carbonyl (C=O) groups excluding carboxylic acids is 1. The van der Waals surface area contributed by atoms with Crippen LogP contribution in [0, 0.1) is 13.8 Å². The summed E-state index contributed by atoms with van der Waals surface area (Å²) in [6.07, 6.45) is 0.930. The summed E-state index contributed by atoms with van der Waals surface area (Å²) in [4.78, 5) is 17.1. The molecule has 0 bridgehead atoms. The van der Waals surface area contributed by atoms with Gasteiger partial charge in [-0.1, -0.05) is 35.3 Å². The van der Waals surface area contributed by atoms with Crippen molar-refractivity contribution in [2.45, 2.75) is 26.7 Å². The maximum atomic E-state index is 12.4. The van der Waals surface area contributed by atoms with Crippen LogP contribution < -0.4 is 5.32 Å². The van der Waals surface area contributed by atoms with Crippen LogP contribution in [0.4, 0.5) is 5.69 Å². The van der Waals surface area contributed by atoms with Crippen LogP contribution in [0.3, 0.4) is 0 Å². The van der Waals surface area contributed by atoms with E-state index in [0.717, 1.165) is 39.5 Å². The molecule has 0 saturated heterocycles. The largest absolute Gasteiger partial charge is 0.326 e. The first kappa shape index (κ1) is 20.4. The van der Waals surface area contributed by atoms with Gasteiger partial charge in [-0.15, -0.1) is 0 Å². The Kier molecular flexibility index (Phi) is 5.75. The zero-order valence-corrected chi connectivity index (χ0v) is 18.1. The molecule has 0 aliphatic heterocycles. The number of anilines is 1. The van der Waals surface area contributed by atoms with E-state index in [2.05, 4.69) is 5.32 Å². The maximum Gasteiger partial charge on any atom is 0.224 e. The number of hydrogen-bond donors (Lipinski definition) is 1. The number of rotatable bonds is 5. The molecular weight excluding hydrogens is 419 g/mol. The molecule has 0 aliphatic carbocycles. The van der Waals surface area contributed by atoms with Gasteiger partial charge in [-0.3, -0.25) is 4.79 Å². The van der Waals surface area contributed by atoms with Crippen molar-refractivity contribution in [3.63, 3.8) is 0 Å². The van der Waals surface area contributed by atoms with E-state index in [1.165, 1.54) is 0 Å². The van der Waals surface area contributed by atoms with Crippen LogP contribution >= 0.6 is 23.2 Å². The van der Waals surface area contributed by atoms with E-state index < -0.39 is 0 Å². The summed E-state index contributed by atoms with van der Waals surface area (Å²) in [5, 5.41) is 8.93. The molecule has 4 aromatic rings. The monoisotopic (exact) mass is 438 g/mol. The van der Waals surface area contributed by atoms with Crippen molar-refractivity contribution in [3.05, 3.63) is 81.6 Å².